The predicted octanol–water partition coefficient (Wildman–Crippen LogP) is 1.08. The summed E-state index contributed by atoms with van der Waals surface area (Å²) in [4.78, 5) is 21.9. The van der Waals surface area contributed by atoms with Crippen molar-refractivity contribution in [3.05, 3.63) is 16.6 Å². The molecular weight excluding hydrogens is 282 g/mol. The minimum Gasteiger partial charge on any atom is -0.396 e. The molecule has 0 atom stereocenters. The van der Waals surface area contributed by atoms with E-state index in [0.29, 0.717) is 22.9 Å². The highest BCUT2D eigenvalue weighted by molar-refractivity contribution is 5.74. The lowest BCUT2D eigenvalue weighted by Crippen LogP contribution is -2.37. The Bertz CT molecular complexity index is 720. The topological polar surface area (TPSA) is 87.0 Å². The minimum atomic E-state index is -0.232. The summed E-state index contributed by atoms with van der Waals surface area (Å²) >= 11 is 0. The zero-order chi connectivity index (χ0) is 15.9. The first kappa shape index (κ1) is 15.0. The number of piperidine rings is 1. The molecule has 0 aromatic carbocycles. The molecule has 1 saturated heterocycles. The van der Waals surface area contributed by atoms with E-state index in [1.807, 2.05) is 20.8 Å². The van der Waals surface area contributed by atoms with Gasteiger partial charge >= 0.3 is 0 Å². The van der Waals surface area contributed by atoms with E-state index >= 15 is 0 Å². The van der Waals surface area contributed by atoms with Crippen LogP contribution in [0.5, 0.6) is 0 Å². The van der Waals surface area contributed by atoms with Crippen LogP contribution >= 0.6 is 0 Å². The van der Waals surface area contributed by atoms with Crippen molar-refractivity contribution in [3.8, 4) is 0 Å². The Balaban J connectivity index is 2.00. The van der Waals surface area contributed by atoms with Crippen molar-refractivity contribution < 1.29 is 5.11 Å². The van der Waals surface area contributed by atoms with Gasteiger partial charge in [-0.05, 0) is 39.5 Å². The summed E-state index contributed by atoms with van der Waals surface area (Å²) in [5, 5.41) is 14.1. The lowest BCUT2D eigenvalue weighted by molar-refractivity contribution is 0.202. The molecule has 3 heterocycles. The van der Waals surface area contributed by atoms with Gasteiger partial charge in [0.1, 0.15) is 5.39 Å². The average molecular weight is 305 g/mol. The maximum Gasteiger partial charge on any atom is 0.263 e. The summed E-state index contributed by atoms with van der Waals surface area (Å²) in [5.74, 6) is 0.951. The van der Waals surface area contributed by atoms with Crippen molar-refractivity contribution in [1.82, 2.24) is 19.7 Å². The van der Waals surface area contributed by atoms with Crippen LogP contribution < -0.4 is 10.5 Å². The van der Waals surface area contributed by atoms with Crippen molar-refractivity contribution in [1.29, 1.82) is 0 Å². The third-order valence-corrected chi connectivity index (χ3v) is 4.23. The number of aromatic amines is 1. The van der Waals surface area contributed by atoms with Gasteiger partial charge in [0.25, 0.3) is 5.56 Å². The Morgan fingerprint density at radius 2 is 2.05 bits per heavy atom. The first-order chi connectivity index (χ1) is 10.4. The molecule has 1 fully saturated rings. The highest BCUT2D eigenvalue weighted by Gasteiger charge is 2.23. The number of nitrogens with zero attached hydrogens (tertiary/aromatic N) is 4. The van der Waals surface area contributed by atoms with E-state index in [4.69, 9.17) is 0 Å². The smallest absolute Gasteiger partial charge is 0.263 e. The summed E-state index contributed by atoms with van der Waals surface area (Å²) < 4.78 is 1.79. The van der Waals surface area contributed by atoms with Gasteiger partial charge in [0.2, 0.25) is 5.95 Å². The SMILES string of the molecule is CC(C)(C)n1ncc2c(=O)[nH]c(N3CCC(CO)CC3)nc21. The first-order valence-corrected chi connectivity index (χ1v) is 7.74. The molecule has 0 spiro atoms. The predicted molar refractivity (Wildman–Crippen MR) is 85.2 cm³/mol. The van der Waals surface area contributed by atoms with Crippen molar-refractivity contribution >= 4 is 17.0 Å². The molecule has 0 aliphatic carbocycles. The summed E-state index contributed by atoms with van der Waals surface area (Å²) in [6.45, 7) is 7.93. The number of rotatable bonds is 2. The molecule has 0 bridgehead atoms. The molecule has 7 heteroatoms. The number of hydrogen-bond donors (Lipinski definition) is 2. The van der Waals surface area contributed by atoms with Crippen molar-refractivity contribution in [3.63, 3.8) is 0 Å². The van der Waals surface area contributed by atoms with Crippen molar-refractivity contribution in [2.75, 3.05) is 24.6 Å². The molecule has 2 aromatic heterocycles. The zero-order valence-corrected chi connectivity index (χ0v) is 13.3. The van der Waals surface area contributed by atoms with Gasteiger partial charge in [0.15, 0.2) is 5.65 Å². The molecule has 2 aromatic rings. The monoisotopic (exact) mass is 305 g/mol. The molecule has 0 saturated carbocycles. The fourth-order valence-electron chi connectivity index (χ4n) is 2.87. The number of aromatic nitrogens is 4. The summed E-state index contributed by atoms with van der Waals surface area (Å²) in [6.07, 6.45) is 3.40. The lowest BCUT2D eigenvalue weighted by Gasteiger charge is -2.31. The standard InChI is InChI=1S/C15H23N5O2/c1-15(2,3)20-12-11(8-16-20)13(22)18-14(17-12)19-6-4-10(9-21)5-7-19/h8,10,21H,4-7,9H2,1-3H3,(H,17,18,22). The normalized spacial score (nSPS) is 17.4. The largest absolute Gasteiger partial charge is 0.396 e. The van der Waals surface area contributed by atoms with E-state index < -0.39 is 0 Å². The molecule has 7 nitrogen and oxygen atoms in total. The van der Waals surface area contributed by atoms with E-state index in [1.54, 1.807) is 10.9 Å². The molecular formula is C15H23N5O2. The van der Waals surface area contributed by atoms with E-state index in [9.17, 15) is 9.90 Å². The lowest BCUT2D eigenvalue weighted by atomic mass is 9.98. The van der Waals surface area contributed by atoms with Gasteiger partial charge < -0.3 is 10.0 Å². The van der Waals surface area contributed by atoms with Gasteiger partial charge in [-0.25, -0.2) is 4.68 Å². The van der Waals surface area contributed by atoms with Gasteiger partial charge in [0.05, 0.1) is 11.7 Å². The Morgan fingerprint density at radius 1 is 1.36 bits per heavy atom. The van der Waals surface area contributed by atoms with Gasteiger partial charge in [-0.2, -0.15) is 10.1 Å². The maximum absolute atomic E-state index is 12.3. The van der Waals surface area contributed by atoms with Crippen LogP contribution in [0, 0.1) is 5.92 Å². The third kappa shape index (κ3) is 2.61. The maximum atomic E-state index is 12.3. The molecule has 0 amide bonds. The second kappa shape index (κ2) is 5.39. The number of anilines is 1. The van der Waals surface area contributed by atoms with Crippen LogP contribution in [-0.4, -0.2) is 44.6 Å². The number of hydrogen-bond acceptors (Lipinski definition) is 5. The number of aliphatic hydroxyl groups excluding tert-OH is 1. The van der Waals surface area contributed by atoms with Crippen molar-refractivity contribution in [2.45, 2.75) is 39.2 Å². The summed E-state index contributed by atoms with van der Waals surface area (Å²) in [7, 11) is 0. The molecule has 0 radical (unpaired) electrons. The number of fused-ring (bicyclic) bond motifs is 1. The second-order valence-electron chi connectivity index (χ2n) is 6.97. The van der Waals surface area contributed by atoms with Gasteiger partial charge in [-0.3, -0.25) is 9.78 Å². The van der Waals surface area contributed by atoms with Crippen LogP contribution in [0.15, 0.2) is 11.0 Å². The van der Waals surface area contributed by atoms with Gasteiger partial charge in [-0.1, -0.05) is 0 Å². The van der Waals surface area contributed by atoms with Crippen molar-refractivity contribution in [2.24, 2.45) is 5.92 Å². The van der Waals surface area contributed by atoms with Gasteiger partial charge in [-0.15, -0.1) is 0 Å². The molecule has 2 N–H and O–H groups in total. The quantitative estimate of drug-likeness (QED) is 0.867. The van der Waals surface area contributed by atoms with Crippen LogP contribution in [0.1, 0.15) is 33.6 Å². The summed E-state index contributed by atoms with van der Waals surface area (Å²) in [5.41, 5.74) is 0.235. The molecule has 22 heavy (non-hydrogen) atoms. The van der Waals surface area contributed by atoms with Crippen LogP contribution in [0.4, 0.5) is 5.95 Å². The van der Waals surface area contributed by atoms with E-state index in [0.717, 1.165) is 25.9 Å². The first-order valence-electron chi connectivity index (χ1n) is 7.74. The molecule has 1 aliphatic heterocycles. The fourth-order valence-corrected chi connectivity index (χ4v) is 2.87. The Hall–Kier alpha value is -1.89. The minimum absolute atomic E-state index is 0.153. The number of aliphatic hydroxyl groups is 1. The molecule has 1 aliphatic rings. The Labute approximate surface area is 129 Å². The summed E-state index contributed by atoms with van der Waals surface area (Å²) in [6, 6.07) is 0. The van der Waals surface area contributed by atoms with Crippen LogP contribution in [0.25, 0.3) is 11.0 Å². The average Bonchev–Trinajstić information content (AvgIpc) is 2.92. The second-order valence-corrected chi connectivity index (χ2v) is 6.97. The highest BCUT2D eigenvalue weighted by Crippen LogP contribution is 2.22. The van der Waals surface area contributed by atoms with E-state index in [2.05, 4.69) is 20.0 Å². The van der Waals surface area contributed by atoms with Gasteiger partial charge in [0, 0.05) is 19.7 Å². The van der Waals surface area contributed by atoms with Crippen LogP contribution in [0.3, 0.4) is 0 Å². The van der Waals surface area contributed by atoms with Crippen LogP contribution in [0.2, 0.25) is 0 Å². The Morgan fingerprint density at radius 3 is 2.64 bits per heavy atom. The Kier molecular flexibility index (Phi) is 3.68. The van der Waals surface area contributed by atoms with Crippen LogP contribution in [-0.2, 0) is 5.54 Å². The highest BCUT2D eigenvalue weighted by atomic mass is 16.3. The number of nitrogens with one attached hydrogen (secondary N) is 1. The number of H-pyrrole nitrogens is 1. The molecule has 120 valence electrons. The van der Waals surface area contributed by atoms with E-state index in [1.165, 1.54) is 0 Å². The zero-order valence-electron chi connectivity index (χ0n) is 13.3. The fraction of sp³-hybridized carbons (Fsp3) is 0.667. The van der Waals surface area contributed by atoms with E-state index in [-0.39, 0.29) is 17.7 Å². The third-order valence-electron chi connectivity index (χ3n) is 4.23. The molecule has 0 unspecified atom stereocenters. The molecule has 3 rings (SSSR count).